The Morgan fingerprint density at radius 3 is 2.81 bits per heavy atom. The highest BCUT2D eigenvalue weighted by Crippen LogP contribution is 2.30. The molecule has 0 bridgehead atoms. The van der Waals surface area contributed by atoms with Gasteiger partial charge in [0.25, 0.3) is 5.91 Å². The third-order valence-electron chi connectivity index (χ3n) is 4.28. The highest BCUT2D eigenvalue weighted by molar-refractivity contribution is 7.17. The van der Waals surface area contributed by atoms with E-state index in [1.54, 1.807) is 6.20 Å². The standard InChI is InChI=1S/C20H24N4OS/c1-13-6-7-17(15(3)10-13)20-23-16(4)18(26-20)19(25)21-11-14(2)12-24-9-5-8-22-24/h5-10,14H,11-12H2,1-4H3,(H,21,25). The van der Waals surface area contributed by atoms with Crippen molar-refractivity contribution in [2.24, 2.45) is 5.92 Å². The fourth-order valence-corrected chi connectivity index (χ4v) is 3.99. The van der Waals surface area contributed by atoms with Gasteiger partial charge in [-0.15, -0.1) is 11.3 Å². The summed E-state index contributed by atoms with van der Waals surface area (Å²) in [7, 11) is 0. The summed E-state index contributed by atoms with van der Waals surface area (Å²) in [6, 6.07) is 8.20. The largest absolute Gasteiger partial charge is 0.351 e. The summed E-state index contributed by atoms with van der Waals surface area (Å²) >= 11 is 1.46. The highest BCUT2D eigenvalue weighted by atomic mass is 32.1. The summed E-state index contributed by atoms with van der Waals surface area (Å²) in [6.07, 6.45) is 3.70. The molecule has 0 aliphatic heterocycles. The van der Waals surface area contributed by atoms with Gasteiger partial charge in [-0.1, -0.05) is 30.7 Å². The van der Waals surface area contributed by atoms with Gasteiger partial charge in [0.15, 0.2) is 0 Å². The number of nitrogens with one attached hydrogen (secondary N) is 1. The van der Waals surface area contributed by atoms with Crippen LogP contribution in [0.3, 0.4) is 0 Å². The first kappa shape index (κ1) is 18.3. The summed E-state index contributed by atoms with van der Waals surface area (Å²) in [5.41, 5.74) is 4.28. The minimum Gasteiger partial charge on any atom is -0.351 e. The first-order chi connectivity index (χ1) is 12.4. The molecular weight excluding hydrogens is 344 g/mol. The molecule has 0 aliphatic carbocycles. The topological polar surface area (TPSA) is 59.8 Å². The number of aryl methyl sites for hydroxylation is 3. The van der Waals surface area contributed by atoms with Crippen molar-refractivity contribution in [2.75, 3.05) is 6.54 Å². The molecule has 2 heterocycles. The maximum atomic E-state index is 12.6. The molecule has 0 saturated heterocycles. The number of aromatic nitrogens is 3. The van der Waals surface area contributed by atoms with Gasteiger partial charge in [-0.25, -0.2) is 4.98 Å². The number of amides is 1. The van der Waals surface area contributed by atoms with E-state index in [4.69, 9.17) is 0 Å². The summed E-state index contributed by atoms with van der Waals surface area (Å²) in [6.45, 7) is 9.54. The predicted molar refractivity (Wildman–Crippen MR) is 105 cm³/mol. The highest BCUT2D eigenvalue weighted by Gasteiger charge is 2.17. The first-order valence-corrected chi connectivity index (χ1v) is 9.56. The molecule has 0 aliphatic rings. The summed E-state index contributed by atoms with van der Waals surface area (Å²) in [4.78, 5) is 17.9. The molecule has 5 nitrogen and oxygen atoms in total. The SMILES string of the molecule is Cc1ccc(-c2nc(C)c(C(=O)NCC(C)Cn3cccn3)s2)c(C)c1. The van der Waals surface area contributed by atoms with Gasteiger partial charge in [0.2, 0.25) is 0 Å². The van der Waals surface area contributed by atoms with Crippen LogP contribution in [0.2, 0.25) is 0 Å². The summed E-state index contributed by atoms with van der Waals surface area (Å²) in [5.74, 6) is 0.245. The van der Waals surface area contributed by atoms with Gasteiger partial charge in [0, 0.05) is 31.0 Å². The number of nitrogens with zero attached hydrogens (tertiary/aromatic N) is 3. The van der Waals surface area contributed by atoms with Crippen LogP contribution in [0.5, 0.6) is 0 Å². The summed E-state index contributed by atoms with van der Waals surface area (Å²) < 4.78 is 1.88. The Kier molecular flexibility index (Phi) is 5.52. The van der Waals surface area contributed by atoms with Crippen molar-refractivity contribution in [3.05, 3.63) is 58.4 Å². The molecule has 1 atom stereocenters. The normalized spacial score (nSPS) is 12.2. The molecule has 3 aromatic rings. The van der Waals surface area contributed by atoms with Crippen LogP contribution >= 0.6 is 11.3 Å². The monoisotopic (exact) mass is 368 g/mol. The van der Waals surface area contributed by atoms with Crippen LogP contribution in [-0.2, 0) is 6.54 Å². The van der Waals surface area contributed by atoms with Crippen LogP contribution in [0.25, 0.3) is 10.6 Å². The lowest BCUT2D eigenvalue weighted by Gasteiger charge is -2.12. The Morgan fingerprint density at radius 2 is 2.12 bits per heavy atom. The van der Waals surface area contributed by atoms with Crippen LogP contribution in [-0.4, -0.2) is 27.2 Å². The van der Waals surface area contributed by atoms with Crippen LogP contribution in [0, 0.1) is 26.7 Å². The average molecular weight is 369 g/mol. The minimum atomic E-state index is -0.0525. The van der Waals surface area contributed by atoms with E-state index in [2.05, 4.69) is 54.4 Å². The van der Waals surface area contributed by atoms with E-state index in [1.165, 1.54) is 22.5 Å². The third-order valence-corrected chi connectivity index (χ3v) is 5.47. The Morgan fingerprint density at radius 1 is 1.31 bits per heavy atom. The molecule has 0 fully saturated rings. The van der Waals surface area contributed by atoms with Gasteiger partial charge in [-0.2, -0.15) is 5.10 Å². The Balaban J connectivity index is 1.67. The van der Waals surface area contributed by atoms with Crippen LogP contribution in [0.1, 0.15) is 33.4 Å². The van der Waals surface area contributed by atoms with E-state index in [9.17, 15) is 4.79 Å². The van der Waals surface area contributed by atoms with Crippen molar-refractivity contribution in [3.8, 4) is 10.6 Å². The maximum Gasteiger partial charge on any atom is 0.263 e. The quantitative estimate of drug-likeness (QED) is 0.715. The molecule has 1 amide bonds. The van der Waals surface area contributed by atoms with Gasteiger partial charge < -0.3 is 5.32 Å². The van der Waals surface area contributed by atoms with Crippen molar-refractivity contribution in [1.29, 1.82) is 0 Å². The van der Waals surface area contributed by atoms with Gasteiger partial charge in [-0.3, -0.25) is 9.48 Å². The molecule has 0 spiro atoms. The molecule has 2 aromatic heterocycles. The van der Waals surface area contributed by atoms with E-state index in [1.807, 2.05) is 23.9 Å². The van der Waals surface area contributed by atoms with Gasteiger partial charge >= 0.3 is 0 Å². The molecule has 0 saturated carbocycles. The number of carbonyl (C=O) groups excluding carboxylic acids is 1. The number of hydrogen-bond acceptors (Lipinski definition) is 4. The van der Waals surface area contributed by atoms with Crippen LogP contribution in [0.4, 0.5) is 0 Å². The fraction of sp³-hybridized carbons (Fsp3) is 0.350. The zero-order valence-corrected chi connectivity index (χ0v) is 16.4. The van der Waals surface area contributed by atoms with Crippen LogP contribution < -0.4 is 5.32 Å². The number of benzene rings is 1. The van der Waals surface area contributed by atoms with E-state index >= 15 is 0 Å². The minimum absolute atomic E-state index is 0.0525. The average Bonchev–Trinajstić information content (AvgIpc) is 3.22. The number of hydrogen-bond donors (Lipinski definition) is 1. The zero-order chi connectivity index (χ0) is 18.7. The molecule has 1 aromatic carbocycles. The Bertz CT molecular complexity index is 899. The number of thiazole rings is 1. The van der Waals surface area contributed by atoms with E-state index in [0.717, 1.165) is 22.8 Å². The predicted octanol–water partition coefficient (Wildman–Crippen LogP) is 4.00. The summed E-state index contributed by atoms with van der Waals surface area (Å²) in [5, 5.41) is 8.13. The molecule has 26 heavy (non-hydrogen) atoms. The molecule has 136 valence electrons. The Labute approximate surface area is 158 Å². The van der Waals surface area contributed by atoms with E-state index in [-0.39, 0.29) is 5.91 Å². The second-order valence-electron chi connectivity index (χ2n) is 6.80. The lowest BCUT2D eigenvalue weighted by Crippen LogP contribution is -2.30. The zero-order valence-electron chi connectivity index (χ0n) is 15.6. The maximum absolute atomic E-state index is 12.6. The number of carbonyl (C=O) groups is 1. The fourth-order valence-electron chi connectivity index (χ4n) is 2.92. The van der Waals surface area contributed by atoms with E-state index < -0.39 is 0 Å². The molecular formula is C20H24N4OS. The second kappa shape index (κ2) is 7.83. The molecule has 3 rings (SSSR count). The van der Waals surface area contributed by atoms with Crippen molar-refractivity contribution in [2.45, 2.75) is 34.2 Å². The molecule has 0 radical (unpaired) electrons. The molecule has 6 heteroatoms. The van der Waals surface area contributed by atoms with Gasteiger partial charge in [0.05, 0.1) is 5.69 Å². The smallest absolute Gasteiger partial charge is 0.263 e. The van der Waals surface area contributed by atoms with Crippen molar-refractivity contribution in [1.82, 2.24) is 20.1 Å². The number of rotatable bonds is 6. The molecule has 1 unspecified atom stereocenters. The second-order valence-corrected chi connectivity index (χ2v) is 7.79. The first-order valence-electron chi connectivity index (χ1n) is 8.74. The van der Waals surface area contributed by atoms with Crippen molar-refractivity contribution in [3.63, 3.8) is 0 Å². The lowest BCUT2D eigenvalue weighted by molar-refractivity contribution is 0.0950. The molecule has 1 N–H and O–H groups in total. The van der Waals surface area contributed by atoms with Crippen molar-refractivity contribution >= 4 is 17.2 Å². The van der Waals surface area contributed by atoms with Crippen molar-refractivity contribution < 1.29 is 4.79 Å². The third kappa shape index (κ3) is 4.19. The Hall–Kier alpha value is -2.47. The lowest BCUT2D eigenvalue weighted by atomic mass is 10.1. The van der Waals surface area contributed by atoms with Crippen LogP contribution in [0.15, 0.2) is 36.7 Å². The van der Waals surface area contributed by atoms with E-state index in [0.29, 0.717) is 17.3 Å². The van der Waals surface area contributed by atoms with Gasteiger partial charge in [-0.05, 0) is 38.3 Å². The van der Waals surface area contributed by atoms with Gasteiger partial charge in [0.1, 0.15) is 9.88 Å².